The molecule has 12 heavy (non-hydrogen) atoms. The summed E-state index contributed by atoms with van der Waals surface area (Å²) in [5.41, 5.74) is 1.01. The number of aliphatic imine (C=N–C) groups is 1. The monoisotopic (exact) mass is 195 g/mol. The Labute approximate surface area is 80.2 Å². The van der Waals surface area contributed by atoms with Crippen molar-refractivity contribution in [2.75, 3.05) is 0 Å². The van der Waals surface area contributed by atoms with E-state index in [9.17, 15) is 0 Å². The minimum Gasteiger partial charge on any atom is -0.263 e. The van der Waals surface area contributed by atoms with Crippen molar-refractivity contribution < 1.29 is 0 Å². The molecule has 0 atom stereocenters. The fourth-order valence-electron chi connectivity index (χ4n) is 1.00. The predicted octanol–water partition coefficient (Wildman–Crippen LogP) is 3.34. The van der Waals surface area contributed by atoms with Crippen LogP contribution >= 0.6 is 23.4 Å². The van der Waals surface area contributed by atoms with Crippen molar-refractivity contribution in [3.8, 4) is 0 Å². The Morgan fingerprint density at radius 2 is 2.25 bits per heavy atom. The lowest BCUT2D eigenvalue weighted by molar-refractivity contribution is 1.44. The first-order valence-electron chi connectivity index (χ1n) is 3.51. The van der Waals surface area contributed by atoms with Gasteiger partial charge in [-0.2, -0.15) is 0 Å². The lowest BCUT2D eigenvalue weighted by Crippen LogP contribution is -1.84. The van der Waals surface area contributed by atoms with Gasteiger partial charge in [-0.3, -0.25) is 4.99 Å². The molecule has 1 nitrogen and oxygen atoms in total. The third kappa shape index (κ3) is 1.40. The molecule has 0 unspecified atom stereocenters. The maximum Gasteiger partial charge on any atom is 0.0505 e. The van der Waals surface area contributed by atoms with Crippen LogP contribution in [0.1, 0.15) is 5.56 Å². The Bertz CT molecular complexity index is 358. The first kappa shape index (κ1) is 7.90. The molecule has 0 aromatic heterocycles. The van der Waals surface area contributed by atoms with E-state index < -0.39 is 0 Å². The summed E-state index contributed by atoms with van der Waals surface area (Å²) in [5, 5.41) is 2.70. The number of nitrogens with zero attached hydrogens (tertiary/aromatic N) is 1. The van der Waals surface area contributed by atoms with Crippen molar-refractivity contribution in [1.29, 1.82) is 0 Å². The minimum absolute atomic E-state index is 0.757. The normalized spacial score (nSPS) is 14.1. The molecule has 1 aromatic rings. The highest BCUT2D eigenvalue weighted by Crippen LogP contribution is 2.29. The van der Waals surface area contributed by atoms with Crippen LogP contribution in [-0.4, -0.2) is 6.21 Å². The van der Waals surface area contributed by atoms with Crippen molar-refractivity contribution in [2.45, 2.75) is 4.90 Å². The molecule has 60 valence electrons. The number of benzene rings is 1. The van der Waals surface area contributed by atoms with Crippen LogP contribution in [0, 0.1) is 0 Å². The molecule has 0 bridgehead atoms. The summed E-state index contributed by atoms with van der Waals surface area (Å²) in [6.07, 6.45) is 3.55. The maximum atomic E-state index is 5.98. The van der Waals surface area contributed by atoms with Crippen molar-refractivity contribution in [1.82, 2.24) is 0 Å². The number of thioether (sulfide) groups is 1. The van der Waals surface area contributed by atoms with Gasteiger partial charge in [-0.25, -0.2) is 0 Å². The van der Waals surface area contributed by atoms with Crippen molar-refractivity contribution >= 4 is 29.6 Å². The van der Waals surface area contributed by atoms with Gasteiger partial charge in [0.2, 0.25) is 0 Å². The second-order valence-corrected chi connectivity index (χ2v) is 3.69. The third-order valence-electron chi connectivity index (χ3n) is 1.56. The number of fused-ring (bicyclic) bond motifs is 1. The number of hydrogen-bond donors (Lipinski definition) is 0. The Morgan fingerprint density at radius 1 is 1.33 bits per heavy atom. The third-order valence-corrected chi connectivity index (χ3v) is 2.76. The quantitative estimate of drug-likeness (QED) is 0.619. The fourth-order valence-corrected chi connectivity index (χ4v) is 2.01. The average Bonchev–Trinajstić information content (AvgIpc) is 2.30. The topological polar surface area (TPSA) is 12.4 Å². The predicted molar refractivity (Wildman–Crippen MR) is 54.0 cm³/mol. The van der Waals surface area contributed by atoms with Crippen LogP contribution in [0.2, 0.25) is 5.02 Å². The van der Waals surface area contributed by atoms with Crippen LogP contribution in [0.4, 0.5) is 0 Å². The smallest absolute Gasteiger partial charge is 0.0505 e. The summed E-state index contributed by atoms with van der Waals surface area (Å²) >= 11 is 7.62. The van der Waals surface area contributed by atoms with Gasteiger partial charge >= 0.3 is 0 Å². The Hall–Kier alpha value is -0.730. The van der Waals surface area contributed by atoms with Crippen LogP contribution in [0.25, 0.3) is 0 Å². The molecular formula is C9H6ClNS. The van der Waals surface area contributed by atoms with E-state index in [0.717, 1.165) is 15.5 Å². The number of halogens is 1. The zero-order valence-corrected chi connectivity index (χ0v) is 7.77. The fraction of sp³-hybridized carbons (Fsp3) is 0. The van der Waals surface area contributed by atoms with E-state index in [-0.39, 0.29) is 0 Å². The van der Waals surface area contributed by atoms with Crippen LogP contribution in [-0.2, 0) is 0 Å². The van der Waals surface area contributed by atoms with Gasteiger partial charge in [-0.1, -0.05) is 29.4 Å². The largest absolute Gasteiger partial charge is 0.263 e. The van der Waals surface area contributed by atoms with Crippen LogP contribution in [0.15, 0.2) is 39.7 Å². The molecule has 0 radical (unpaired) electrons. The zero-order valence-electron chi connectivity index (χ0n) is 6.20. The van der Waals surface area contributed by atoms with Gasteiger partial charge in [0.05, 0.1) is 5.02 Å². The molecule has 0 aliphatic carbocycles. The molecular weight excluding hydrogens is 190 g/mol. The SMILES string of the molecule is Clc1cccc2c1C=NC=CS2. The second kappa shape index (κ2) is 3.33. The summed E-state index contributed by atoms with van der Waals surface area (Å²) in [6, 6.07) is 5.85. The molecule has 1 heterocycles. The van der Waals surface area contributed by atoms with Crippen molar-refractivity contribution in [2.24, 2.45) is 4.99 Å². The van der Waals surface area contributed by atoms with Crippen LogP contribution in [0.3, 0.4) is 0 Å². The van der Waals surface area contributed by atoms with E-state index in [1.165, 1.54) is 0 Å². The molecule has 3 heteroatoms. The molecule has 0 fully saturated rings. The van der Waals surface area contributed by atoms with Crippen LogP contribution < -0.4 is 0 Å². The molecule has 0 N–H and O–H groups in total. The van der Waals surface area contributed by atoms with Gasteiger partial charge in [0, 0.05) is 22.9 Å². The summed E-state index contributed by atoms with van der Waals surface area (Å²) in [7, 11) is 0. The molecule has 1 aliphatic heterocycles. The van der Waals surface area contributed by atoms with Gasteiger partial charge in [0.1, 0.15) is 0 Å². The highest BCUT2D eigenvalue weighted by atomic mass is 35.5. The van der Waals surface area contributed by atoms with Gasteiger partial charge in [0.25, 0.3) is 0 Å². The summed E-state index contributed by atoms with van der Waals surface area (Å²) in [5.74, 6) is 0. The Kier molecular flexibility index (Phi) is 2.19. The summed E-state index contributed by atoms with van der Waals surface area (Å²) < 4.78 is 0. The lowest BCUT2D eigenvalue weighted by atomic mass is 10.2. The minimum atomic E-state index is 0.757. The molecule has 0 spiro atoms. The molecule has 1 aliphatic rings. The first-order chi connectivity index (χ1) is 5.88. The Balaban J connectivity index is 2.59. The van der Waals surface area contributed by atoms with Crippen LogP contribution in [0.5, 0.6) is 0 Å². The van der Waals surface area contributed by atoms with E-state index in [0.29, 0.717) is 0 Å². The molecule has 0 amide bonds. The molecule has 0 saturated carbocycles. The lowest BCUT2D eigenvalue weighted by Gasteiger charge is -2.01. The van der Waals surface area contributed by atoms with E-state index in [1.54, 1.807) is 24.2 Å². The average molecular weight is 196 g/mol. The number of rotatable bonds is 0. The molecule has 0 saturated heterocycles. The molecule has 2 rings (SSSR count). The van der Waals surface area contributed by atoms with E-state index in [4.69, 9.17) is 11.6 Å². The van der Waals surface area contributed by atoms with Crippen molar-refractivity contribution in [3.05, 3.63) is 40.4 Å². The maximum absolute atomic E-state index is 5.98. The second-order valence-electron chi connectivity index (χ2n) is 2.33. The van der Waals surface area contributed by atoms with Gasteiger partial charge in [0.15, 0.2) is 0 Å². The molecule has 1 aromatic carbocycles. The zero-order chi connectivity index (χ0) is 8.39. The van der Waals surface area contributed by atoms with E-state index in [1.807, 2.05) is 23.6 Å². The summed E-state index contributed by atoms with van der Waals surface area (Å²) in [6.45, 7) is 0. The number of hydrogen-bond acceptors (Lipinski definition) is 2. The van der Waals surface area contributed by atoms with Crippen molar-refractivity contribution in [3.63, 3.8) is 0 Å². The Morgan fingerprint density at radius 3 is 3.17 bits per heavy atom. The standard InChI is InChI=1S/C9H6ClNS/c10-8-2-1-3-9-7(8)6-11-4-5-12-9/h1-6H. The van der Waals surface area contributed by atoms with E-state index in [2.05, 4.69) is 4.99 Å². The van der Waals surface area contributed by atoms with Gasteiger partial charge in [-0.15, -0.1) is 0 Å². The van der Waals surface area contributed by atoms with Gasteiger partial charge in [-0.05, 0) is 17.5 Å². The summed E-state index contributed by atoms with van der Waals surface area (Å²) in [4.78, 5) is 5.21. The first-order valence-corrected chi connectivity index (χ1v) is 4.77. The van der Waals surface area contributed by atoms with Gasteiger partial charge < -0.3 is 0 Å². The highest BCUT2D eigenvalue weighted by Gasteiger charge is 2.04. The highest BCUT2D eigenvalue weighted by molar-refractivity contribution is 8.02. The van der Waals surface area contributed by atoms with E-state index >= 15 is 0 Å².